The molecular weight excluding hydrogens is 342 g/mol. The molecule has 0 aliphatic rings. The van der Waals surface area contributed by atoms with Crippen molar-refractivity contribution >= 4 is 23.2 Å². The summed E-state index contributed by atoms with van der Waals surface area (Å²) in [5.41, 5.74) is 2.10. The lowest BCUT2D eigenvalue weighted by Crippen LogP contribution is -2.26. The van der Waals surface area contributed by atoms with Gasteiger partial charge in [0, 0.05) is 42.8 Å². The van der Waals surface area contributed by atoms with E-state index < -0.39 is 0 Å². The predicted octanol–water partition coefficient (Wildman–Crippen LogP) is 2.24. The Bertz CT molecular complexity index is 1060. The lowest BCUT2D eigenvalue weighted by molar-refractivity contribution is 0.0954. The van der Waals surface area contributed by atoms with E-state index in [1.807, 2.05) is 40.9 Å². The van der Waals surface area contributed by atoms with E-state index in [1.165, 1.54) is 0 Å². The number of carbonyl (C=O) groups is 1. The SMILES string of the molecule is O=C(NCCc1nnc2ccccn12)c1cccc(Nc2ncccn2)c1. The number of carbonyl (C=O) groups excluding carboxylic acids is 1. The number of amides is 1. The van der Waals surface area contributed by atoms with Crippen LogP contribution in [-0.4, -0.2) is 37.0 Å². The average molecular weight is 359 g/mol. The van der Waals surface area contributed by atoms with Gasteiger partial charge in [-0.1, -0.05) is 12.1 Å². The van der Waals surface area contributed by atoms with Crippen LogP contribution in [-0.2, 0) is 6.42 Å². The van der Waals surface area contributed by atoms with Crippen LogP contribution >= 0.6 is 0 Å². The Balaban J connectivity index is 1.37. The van der Waals surface area contributed by atoms with Crippen molar-refractivity contribution in [3.8, 4) is 0 Å². The van der Waals surface area contributed by atoms with E-state index in [0.29, 0.717) is 24.5 Å². The number of benzene rings is 1. The molecule has 4 aromatic rings. The smallest absolute Gasteiger partial charge is 0.251 e. The van der Waals surface area contributed by atoms with Crippen LogP contribution in [0.5, 0.6) is 0 Å². The third-order valence-electron chi connectivity index (χ3n) is 3.97. The van der Waals surface area contributed by atoms with Gasteiger partial charge in [-0.15, -0.1) is 10.2 Å². The number of nitrogens with zero attached hydrogens (tertiary/aromatic N) is 5. The van der Waals surface area contributed by atoms with E-state index in [-0.39, 0.29) is 5.91 Å². The highest BCUT2D eigenvalue weighted by Gasteiger charge is 2.08. The Morgan fingerprint density at radius 2 is 1.89 bits per heavy atom. The molecule has 27 heavy (non-hydrogen) atoms. The van der Waals surface area contributed by atoms with Gasteiger partial charge in [0.25, 0.3) is 5.91 Å². The number of anilines is 2. The molecule has 3 aromatic heterocycles. The number of nitrogens with one attached hydrogen (secondary N) is 2. The van der Waals surface area contributed by atoms with Crippen LogP contribution in [0.25, 0.3) is 5.65 Å². The Morgan fingerprint density at radius 3 is 2.78 bits per heavy atom. The van der Waals surface area contributed by atoms with E-state index in [9.17, 15) is 4.79 Å². The van der Waals surface area contributed by atoms with Crippen molar-refractivity contribution in [3.05, 3.63) is 78.5 Å². The molecule has 8 nitrogen and oxygen atoms in total. The monoisotopic (exact) mass is 359 g/mol. The summed E-state index contributed by atoms with van der Waals surface area (Å²) in [4.78, 5) is 20.7. The number of aromatic nitrogens is 5. The molecule has 0 unspecified atom stereocenters. The standard InChI is InChI=1S/C19H17N7O/c27-18(20-11-8-17-25-24-16-7-1-2-12-26(16)17)14-5-3-6-15(13-14)23-19-21-9-4-10-22-19/h1-7,9-10,12-13H,8,11H2,(H,20,27)(H,21,22,23). The minimum absolute atomic E-state index is 0.151. The summed E-state index contributed by atoms with van der Waals surface area (Å²) < 4.78 is 1.91. The van der Waals surface area contributed by atoms with Crippen LogP contribution in [0.1, 0.15) is 16.2 Å². The van der Waals surface area contributed by atoms with Crippen molar-refractivity contribution in [1.29, 1.82) is 0 Å². The summed E-state index contributed by atoms with van der Waals surface area (Å²) in [5.74, 6) is 1.14. The molecule has 2 N–H and O–H groups in total. The third kappa shape index (κ3) is 3.90. The zero-order valence-corrected chi connectivity index (χ0v) is 14.4. The van der Waals surface area contributed by atoms with Crippen molar-refractivity contribution < 1.29 is 4.79 Å². The van der Waals surface area contributed by atoms with Crippen LogP contribution in [0.2, 0.25) is 0 Å². The molecule has 0 saturated heterocycles. The fourth-order valence-corrected chi connectivity index (χ4v) is 2.68. The second-order valence-corrected chi connectivity index (χ2v) is 5.83. The minimum atomic E-state index is -0.151. The fourth-order valence-electron chi connectivity index (χ4n) is 2.68. The van der Waals surface area contributed by atoms with Crippen molar-refractivity contribution in [2.75, 3.05) is 11.9 Å². The van der Waals surface area contributed by atoms with Crippen molar-refractivity contribution in [2.24, 2.45) is 0 Å². The zero-order chi connectivity index (χ0) is 18.5. The molecule has 8 heteroatoms. The highest BCUT2D eigenvalue weighted by molar-refractivity contribution is 5.95. The first kappa shape index (κ1) is 16.6. The molecule has 0 radical (unpaired) electrons. The van der Waals surface area contributed by atoms with Gasteiger partial charge in [0.2, 0.25) is 5.95 Å². The van der Waals surface area contributed by atoms with Gasteiger partial charge >= 0.3 is 0 Å². The van der Waals surface area contributed by atoms with E-state index in [1.54, 1.807) is 30.6 Å². The lowest BCUT2D eigenvalue weighted by Gasteiger charge is -2.08. The molecule has 0 fully saturated rings. The van der Waals surface area contributed by atoms with Crippen LogP contribution in [0.3, 0.4) is 0 Å². The Labute approximate surface area is 155 Å². The first-order chi connectivity index (χ1) is 13.3. The number of hydrogen-bond donors (Lipinski definition) is 2. The second-order valence-electron chi connectivity index (χ2n) is 5.83. The van der Waals surface area contributed by atoms with E-state index in [4.69, 9.17) is 0 Å². The topological polar surface area (TPSA) is 97.1 Å². The van der Waals surface area contributed by atoms with Gasteiger partial charge in [-0.05, 0) is 36.4 Å². The van der Waals surface area contributed by atoms with Crippen molar-refractivity contribution in [3.63, 3.8) is 0 Å². The summed E-state index contributed by atoms with van der Waals surface area (Å²) in [6.45, 7) is 0.466. The summed E-state index contributed by atoms with van der Waals surface area (Å²) in [6.07, 6.45) is 5.81. The second kappa shape index (κ2) is 7.61. The first-order valence-corrected chi connectivity index (χ1v) is 8.50. The van der Waals surface area contributed by atoms with Gasteiger partial charge in [0.15, 0.2) is 5.65 Å². The molecule has 0 saturated carbocycles. The molecule has 4 rings (SSSR count). The number of rotatable bonds is 6. The van der Waals surface area contributed by atoms with E-state index in [0.717, 1.165) is 17.2 Å². The maximum Gasteiger partial charge on any atom is 0.251 e. The average Bonchev–Trinajstić information content (AvgIpc) is 3.12. The van der Waals surface area contributed by atoms with Crippen LogP contribution < -0.4 is 10.6 Å². The van der Waals surface area contributed by atoms with Crippen molar-refractivity contribution in [1.82, 2.24) is 29.9 Å². The van der Waals surface area contributed by atoms with Crippen LogP contribution in [0.15, 0.2) is 67.1 Å². The molecule has 0 aliphatic heterocycles. The first-order valence-electron chi connectivity index (χ1n) is 8.50. The molecule has 3 heterocycles. The minimum Gasteiger partial charge on any atom is -0.352 e. The van der Waals surface area contributed by atoms with E-state index in [2.05, 4.69) is 30.8 Å². The van der Waals surface area contributed by atoms with Gasteiger partial charge in [-0.3, -0.25) is 9.20 Å². The Morgan fingerprint density at radius 1 is 1.00 bits per heavy atom. The largest absolute Gasteiger partial charge is 0.352 e. The Hall–Kier alpha value is -3.81. The van der Waals surface area contributed by atoms with Gasteiger partial charge in [0.05, 0.1) is 0 Å². The summed E-state index contributed by atoms with van der Waals surface area (Å²) in [6, 6.07) is 14.7. The van der Waals surface area contributed by atoms with Gasteiger partial charge in [-0.25, -0.2) is 9.97 Å². The summed E-state index contributed by atoms with van der Waals surface area (Å²) in [7, 11) is 0. The number of hydrogen-bond acceptors (Lipinski definition) is 6. The summed E-state index contributed by atoms with van der Waals surface area (Å²) in [5, 5.41) is 14.3. The normalized spacial score (nSPS) is 10.7. The van der Waals surface area contributed by atoms with Crippen molar-refractivity contribution in [2.45, 2.75) is 6.42 Å². The molecule has 1 aromatic carbocycles. The zero-order valence-electron chi connectivity index (χ0n) is 14.4. The molecular formula is C19H17N7O. The molecule has 0 bridgehead atoms. The predicted molar refractivity (Wildman–Crippen MR) is 101 cm³/mol. The quantitative estimate of drug-likeness (QED) is 0.548. The summed E-state index contributed by atoms with van der Waals surface area (Å²) >= 11 is 0. The van der Waals surface area contributed by atoms with Crippen LogP contribution in [0, 0.1) is 0 Å². The maximum atomic E-state index is 12.4. The number of fused-ring (bicyclic) bond motifs is 1. The fraction of sp³-hybridized carbons (Fsp3) is 0.105. The highest BCUT2D eigenvalue weighted by Crippen LogP contribution is 2.14. The van der Waals surface area contributed by atoms with Gasteiger partial charge in [0.1, 0.15) is 5.82 Å². The number of pyridine rings is 1. The van der Waals surface area contributed by atoms with Crippen LogP contribution in [0.4, 0.5) is 11.6 Å². The van der Waals surface area contributed by atoms with Gasteiger partial charge < -0.3 is 10.6 Å². The molecule has 0 aliphatic carbocycles. The lowest BCUT2D eigenvalue weighted by atomic mass is 10.2. The third-order valence-corrected chi connectivity index (χ3v) is 3.97. The van der Waals surface area contributed by atoms with Gasteiger partial charge in [-0.2, -0.15) is 0 Å². The Kier molecular flexibility index (Phi) is 4.69. The molecule has 0 atom stereocenters. The molecule has 134 valence electrons. The maximum absolute atomic E-state index is 12.4. The molecule has 1 amide bonds. The highest BCUT2D eigenvalue weighted by atomic mass is 16.1. The van der Waals surface area contributed by atoms with E-state index >= 15 is 0 Å². The molecule has 0 spiro atoms.